The summed E-state index contributed by atoms with van der Waals surface area (Å²) in [6.45, 7) is 1.92. The second kappa shape index (κ2) is 9.96. The molecule has 0 spiro atoms. The van der Waals surface area contributed by atoms with Crippen LogP contribution in [0.1, 0.15) is 30.9 Å². The van der Waals surface area contributed by atoms with E-state index in [1.54, 1.807) is 43.3 Å². The highest BCUT2D eigenvalue weighted by Gasteiger charge is 2.22. The Bertz CT molecular complexity index is 1070. The number of sulfone groups is 1. The summed E-state index contributed by atoms with van der Waals surface area (Å²) >= 11 is 0. The molecule has 0 atom stereocenters. The summed E-state index contributed by atoms with van der Waals surface area (Å²) in [5.41, 5.74) is 2.85. The lowest BCUT2D eigenvalue weighted by Gasteiger charge is -2.20. The number of carbonyl (C=O) groups excluding carboxylic acids is 2. The molecule has 0 saturated heterocycles. The predicted octanol–water partition coefficient (Wildman–Crippen LogP) is 2.83. The molecule has 3 rings (SSSR count). The number of nitrogens with zero attached hydrogens (tertiary/aromatic N) is 1. The van der Waals surface area contributed by atoms with Crippen LogP contribution in [0.3, 0.4) is 0 Å². The van der Waals surface area contributed by atoms with E-state index in [2.05, 4.69) is 5.32 Å². The van der Waals surface area contributed by atoms with Crippen molar-refractivity contribution in [1.82, 2.24) is 4.90 Å². The number of benzene rings is 2. The van der Waals surface area contributed by atoms with Gasteiger partial charge in [-0.3, -0.25) is 9.59 Å². The van der Waals surface area contributed by atoms with Crippen molar-refractivity contribution >= 4 is 27.3 Å². The first-order valence-electron chi connectivity index (χ1n) is 10.4. The molecule has 2 amide bonds. The molecule has 31 heavy (non-hydrogen) atoms. The molecule has 0 radical (unpaired) electrons. The van der Waals surface area contributed by atoms with Crippen LogP contribution in [0.15, 0.2) is 47.4 Å². The van der Waals surface area contributed by atoms with Crippen LogP contribution in [0.5, 0.6) is 5.75 Å². The molecule has 0 unspecified atom stereocenters. The van der Waals surface area contributed by atoms with Crippen molar-refractivity contribution in [3.63, 3.8) is 0 Å². The van der Waals surface area contributed by atoms with Gasteiger partial charge in [0.1, 0.15) is 5.75 Å². The Kier molecular flexibility index (Phi) is 7.33. The van der Waals surface area contributed by atoms with E-state index in [-0.39, 0.29) is 35.4 Å². The molecule has 0 aromatic heterocycles. The van der Waals surface area contributed by atoms with E-state index >= 15 is 0 Å². The predicted molar refractivity (Wildman–Crippen MR) is 119 cm³/mol. The normalized spacial score (nSPS) is 12.8. The largest absolute Gasteiger partial charge is 0.497 e. The number of nitrogens with one attached hydrogen (secondary N) is 1. The number of likely N-dealkylation sites (N-methyl/N-ethyl adjacent to an activating group) is 1. The fourth-order valence-electron chi connectivity index (χ4n) is 3.69. The highest BCUT2D eigenvalue weighted by molar-refractivity contribution is 7.91. The summed E-state index contributed by atoms with van der Waals surface area (Å²) in [5.74, 6) is -0.394. The third-order valence-electron chi connectivity index (χ3n) is 5.44. The standard InChI is InChI=1S/C23H28N2O5S/c1-3-25(16-22(26)24-19-8-5-9-20(15-19)30-2)23(27)12-13-31(28,29)21-11-10-17-6-4-7-18(17)14-21/h5,8-11,14-15H,3-4,6-7,12-13,16H2,1-2H3,(H,24,26). The maximum atomic E-state index is 12.7. The molecule has 0 heterocycles. The molecular formula is C23H28N2O5S. The molecule has 1 N–H and O–H groups in total. The van der Waals surface area contributed by atoms with E-state index < -0.39 is 9.84 Å². The van der Waals surface area contributed by atoms with Crippen molar-refractivity contribution in [2.24, 2.45) is 0 Å². The Morgan fingerprint density at radius 2 is 1.87 bits per heavy atom. The second-order valence-electron chi connectivity index (χ2n) is 7.54. The number of ether oxygens (including phenoxy) is 1. The van der Waals surface area contributed by atoms with Crippen LogP contribution in [0.2, 0.25) is 0 Å². The summed E-state index contributed by atoms with van der Waals surface area (Å²) < 4.78 is 30.5. The molecule has 0 fully saturated rings. The van der Waals surface area contributed by atoms with E-state index in [0.29, 0.717) is 18.0 Å². The summed E-state index contributed by atoms with van der Waals surface area (Å²) in [5, 5.41) is 2.73. The fraction of sp³-hybridized carbons (Fsp3) is 0.391. The Morgan fingerprint density at radius 3 is 2.61 bits per heavy atom. The number of rotatable bonds is 9. The third-order valence-corrected chi connectivity index (χ3v) is 7.15. The number of carbonyl (C=O) groups is 2. The first kappa shape index (κ1) is 22.8. The maximum absolute atomic E-state index is 12.7. The lowest BCUT2D eigenvalue weighted by molar-refractivity contribution is -0.134. The zero-order valence-electron chi connectivity index (χ0n) is 17.9. The monoisotopic (exact) mass is 444 g/mol. The van der Waals surface area contributed by atoms with Crippen molar-refractivity contribution in [1.29, 1.82) is 0 Å². The fourth-order valence-corrected chi connectivity index (χ4v) is 4.97. The van der Waals surface area contributed by atoms with Crippen molar-refractivity contribution in [3.8, 4) is 5.75 Å². The number of amides is 2. The molecule has 8 heteroatoms. The molecule has 2 aromatic carbocycles. The van der Waals surface area contributed by atoms with Gasteiger partial charge in [0.05, 0.1) is 24.3 Å². The minimum absolute atomic E-state index is 0.147. The minimum Gasteiger partial charge on any atom is -0.497 e. The summed E-state index contributed by atoms with van der Waals surface area (Å²) in [7, 11) is -2.03. The quantitative estimate of drug-likeness (QED) is 0.642. The van der Waals surface area contributed by atoms with Crippen LogP contribution < -0.4 is 10.1 Å². The van der Waals surface area contributed by atoms with Gasteiger partial charge in [0, 0.05) is 24.7 Å². The smallest absolute Gasteiger partial charge is 0.243 e. The first-order chi connectivity index (χ1) is 14.8. The van der Waals surface area contributed by atoms with Gasteiger partial charge in [0.25, 0.3) is 0 Å². The Balaban J connectivity index is 1.57. The highest BCUT2D eigenvalue weighted by Crippen LogP contribution is 2.25. The van der Waals surface area contributed by atoms with Gasteiger partial charge in [-0.15, -0.1) is 0 Å². The topological polar surface area (TPSA) is 92.8 Å². The zero-order valence-corrected chi connectivity index (χ0v) is 18.7. The molecular weight excluding hydrogens is 416 g/mol. The summed E-state index contributed by atoms with van der Waals surface area (Å²) in [4.78, 5) is 26.6. The number of hydrogen-bond donors (Lipinski definition) is 1. The van der Waals surface area contributed by atoms with Gasteiger partial charge in [-0.2, -0.15) is 0 Å². The van der Waals surface area contributed by atoms with Crippen LogP contribution in [0, 0.1) is 0 Å². The number of anilines is 1. The minimum atomic E-state index is -3.57. The number of aryl methyl sites for hydroxylation is 2. The van der Waals surface area contributed by atoms with Crippen LogP contribution in [0.4, 0.5) is 5.69 Å². The zero-order chi connectivity index (χ0) is 22.4. The van der Waals surface area contributed by atoms with E-state index in [9.17, 15) is 18.0 Å². The van der Waals surface area contributed by atoms with Gasteiger partial charge >= 0.3 is 0 Å². The average Bonchev–Trinajstić information content (AvgIpc) is 3.24. The van der Waals surface area contributed by atoms with Crippen molar-refractivity contribution in [2.75, 3.05) is 31.3 Å². The van der Waals surface area contributed by atoms with Gasteiger partial charge in [0.15, 0.2) is 9.84 Å². The molecule has 0 saturated carbocycles. The van der Waals surface area contributed by atoms with Crippen LogP contribution in [-0.4, -0.2) is 51.1 Å². The van der Waals surface area contributed by atoms with Gasteiger partial charge < -0.3 is 15.0 Å². The van der Waals surface area contributed by atoms with Gasteiger partial charge in [-0.25, -0.2) is 8.42 Å². The summed E-state index contributed by atoms with van der Waals surface area (Å²) in [6, 6.07) is 12.2. The Morgan fingerprint density at radius 1 is 1.10 bits per heavy atom. The van der Waals surface area contributed by atoms with E-state index in [1.165, 1.54) is 17.6 Å². The number of fused-ring (bicyclic) bond motifs is 1. The SMILES string of the molecule is CCN(CC(=O)Nc1cccc(OC)c1)C(=O)CCS(=O)(=O)c1ccc2c(c1)CCC2. The molecule has 166 valence electrons. The van der Waals surface area contributed by atoms with Gasteiger partial charge in [-0.1, -0.05) is 12.1 Å². The average molecular weight is 445 g/mol. The van der Waals surface area contributed by atoms with Gasteiger partial charge in [0.2, 0.25) is 11.8 Å². The van der Waals surface area contributed by atoms with Crippen LogP contribution in [0.25, 0.3) is 0 Å². The van der Waals surface area contributed by atoms with E-state index in [4.69, 9.17) is 4.74 Å². The molecule has 0 aliphatic heterocycles. The molecule has 1 aliphatic rings. The molecule has 1 aliphatic carbocycles. The number of hydrogen-bond acceptors (Lipinski definition) is 5. The van der Waals surface area contributed by atoms with Crippen molar-refractivity contribution in [2.45, 2.75) is 37.5 Å². The third kappa shape index (κ3) is 5.85. The first-order valence-corrected chi connectivity index (χ1v) is 12.0. The lowest BCUT2D eigenvalue weighted by atomic mass is 10.1. The van der Waals surface area contributed by atoms with Crippen molar-refractivity contribution in [3.05, 3.63) is 53.6 Å². The van der Waals surface area contributed by atoms with E-state index in [1.807, 2.05) is 6.07 Å². The van der Waals surface area contributed by atoms with Crippen LogP contribution in [-0.2, 0) is 32.3 Å². The maximum Gasteiger partial charge on any atom is 0.243 e. The second-order valence-corrected chi connectivity index (χ2v) is 9.65. The van der Waals surface area contributed by atoms with Gasteiger partial charge in [-0.05, 0) is 61.6 Å². The van der Waals surface area contributed by atoms with Crippen molar-refractivity contribution < 1.29 is 22.7 Å². The van der Waals surface area contributed by atoms with E-state index in [0.717, 1.165) is 24.8 Å². The number of methoxy groups -OCH3 is 1. The lowest BCUT2D eigenvalue weighted by Crippen LogP contribution is -2.38. The highest BCUT2D eigenvalue weighted by atomic mass is 32.2. The Hall–Kier alpha value is -2.87. The Labute approximate surface area is 183 Å². The molecule has 7 nitrogen and oxygen atoms in total. The van der Waals surface area contributed by atoms with Crippen LogP contribution >= 0.6 is 0 Å². The molecule has 2 aromatic rings. The summed E-state index contributed by atoms with van der Waals surface area (Å²) in [6.07, 6.45) is 2.75. The molecule has 0 bridgehead atoms.